The second-order valence-corrected chi connectivity index (χ2v) is 3.78. The van der Waals surface area contributed by atoms with Gasteiger partial charge in [-0.1, -0.05) is 0 Å². The number of benzene rings is 1. The number of piperazine rings is 1. The van der Waals surface area contributed by atoms with Gasteiger partial charge >= 0.3 is 0 Å². The summed E-state index contributed by atoms with van der Waals surface area (Å²) in [4.78, 5) is 23.7. The van der Waals surface area contributed by atoms with Crippen LogP contribution in [0.3, 0.4) is 0 Å². The average molecular weight is 229 g/mol. The first-order valence-electron chi connectivity index (χ1n) is 5.25. The van der Waals surface area contributed by atoms with E-state index < -0.39 is 0 Å². The number of hydrogen-bond acceptors (Lipinski definition) is 4. The topological polar surface area (TPSA) is 73.2 Å². The number of rotatable bonds is 2. The maximum absolute atomic E-state index is 11.3. The van der Waals surface area contributed by atoms with Crippen LogP contribution in [0, 0.1) is 11.3 Å². The molecule has 0 aromatic heterocycles. The molecule has 1 saturated heterocycles. The van der Waals surface area contributed by atoms with Gasteiger partial charge in [0.1, 0.15) is 12.4 Å². The van der Waals surface area contributed by atoms with Crippen LogP contribution in [0.2, 0.25) is 0 Å². The highest BCUT2D eigenvalue weighted by Gasteiger charge is 2.18. The predicted octanol–water partition coefficient (Wildman–Crippen LogP) is 0.307. The molecular formula is C12H11N3O2. The molecule has 1 N–H and O–H groups in total. The first-order valence-corrected chi connectivity index (χ1v) is 5.25. The van der Waals surface area contributed by atoms with Gasteiger partial charge in [-0.3, -0.25) is 9.59 Å². The standard InChI is InChI=1S/C12H11N3O2/c13-6-10-5-9(8-16)1-2-11(10)15-4-3-14-12(17)7-15/h1-2,5,8H,3-4,7H2,(H,14,17). The summed E-state index contributed by atoms with van der Waals surface area (Å²) < 4.78 is 0. The number of carbonyl (C=O) groups excluding carboxylic acids is 2. The van der Waals surface area contributed by atoms with E-state index in [-0.39, 0.29) is 12.5 Å². The summed E-state index contributed by atoms with van der Waals surface area (Å²) >= 11 is 0. The Morgan fingerprint density at radius 1 is 1.47 bits per heavy atom. The summed E-state index contributed by atoms with van der Waals surface area (Å²) in [5.41, 5.74) is 1.59. The van der Waals surface area contributed by atoms with Crippen LogP contribution >= 0.6 is 0 Å². The molecule has 0 spiro atoms. The Balaban J connectivity index is 2.34. The van der Waals surface area contributed by atoms with Crippen molar-refractivity contribution in [3.8, 4) is 6.07 Å². The lowest BCUT2D eigenvalue weighted by Gasteiger charge is -2.29. The van der Waals surface area contributed by atoms with Crippen LogP contribution in [0.25, 0.3) is 0 Å². The van der Waals surface area contributed by atoms with Crippen molar-refractivity contribution >= 4 is 17.9 Å². The average Bonchev–Trinajstić information content (AvgIpc) is 2.38. The molecule has 5 nitrogen and oxygen atoms in total. The molecule has 1 amide bonds. The van der Waals surface area contributed by atoms with Crippen molar-refractivity contribution < 1.29 is 9.59 Å². The zero-order chi connectivity index (χ0) is 12.3. The molecule has 17 heavy (non-hydrogen) atoms. The molecule has 0 aliphatic carbocycles. The minimum Gasteiger partial charge on any atom is -0.359 e. The van der Waals surface area contributed by atoms with E-state index in [1.165, 1.54) is 6.07 Å². The fraction of sp³-hybridized carbons (Fsp3) is 0.250. The Morgan fingerprint density at radius 3 is 2.94 bits per heavy atom. The Hall–Kier alpha value is -2.35. The highest BCUT2D eigenvalue weighted by Crippen LogP contribution is 2.21. The van der Waals surface area contributed by atoms with Crippen LogP contribution in [-0.4, -0.2) is 31.8 Å². The third kappa shape index (κ3) is 2.26. The number of hydrogen-bond donors (Lipinski definition) is 1. The molecule has 0 atom stereocenters. The predicted molar refractivity (Wildman–Crippen MR) is 61.8 cm³/mol. The molecule has 2 rings (SSSR count). The molecule has 0 radical (unpaired) electrons. The summed E-state index contributed by atoms with van der Waals surface area (Å²) in [5, 5.41) is 11.8. The number of nitrogens with zero attached hydrogens (tertiary/aromatic N) is 2. The van der Waals surface area contributed by atoms with Crippen molar-refractivity contribution in [1.29, 1.82) is 5.26 Å². The van der Waals surface area contributed by atoms with Crippen LogP contribution in [-0.2, 0) is 4.79 Å². The van der Waals surface area contributed by atoms with Gasteiger partial charge in [0, 0.05) is 18.7 Å². The molecule has 1 aromatic rings. The Kier molecular flexibility index (Phi) is 3.06. The monoisotopic (exact) mass is 229 g/mol. The van der Waals surface area contributed by atoms with Gasteiger partial charge in [-0.15, -0.1) is 0 Å². The Bertz CT molecular complexity index is 505. The van der Waals surface area contributed by atoms with Gasteiger partial charge in [-0.05, 0) is 18.2 Å². The zero-order valence-electron chi connectivity index (χ0n) is 9.14. The van der Waals surface area contributed by atoms with E-state index in [1.54, 1.807) is 12.1 Å². The van der Waals surface area contributed by atoms with Crippen LogP contribution in [0.5, 0.6) is 0 Å². The second-order valence-electron chi connectivity index (χ2n) is 3.78. The molecule has 0 unspecified atom stereocenters. The molecule has 1 aromatic carbocycles. The van der Waals surface area contributed by atoms with E-state index in [9.17, 15) is 9.59 Å². The third-order valence-corrected chi connectivity index (χ3v) is 2.66. The smallest absolute Gasteiger partial charge is 0.239 e. The summed E-state index contributed by atoms with van der Waals surface area (Å²) in [7, 11) is 0. The molecule has 0 bridgehead atoms. The number of nitrogens with one attached hydrogen (secondary N) is 1. The normalized spacial score (nSPS) is 15.0. The lowest BCUT2D eigenvalue weighted by Crippen LogP contribution is -2.47. The van der Waals surface area contributed by atoms with Crippen LogP contribution in [0.4, 0.5) is 5.69 Å². The van der Waals surface area contributed by atoms with E-state index in [0.29, 0.717) is 36.2 Å². The SMILES string of the molecule is N#Cc1cc(C=O)ccc1N1CCNC(=O)C1. The zero-order valence-corrected chi connectivity index (χ0v) is 9.14. The summed E-state index contributed by atoms with van der Waals surface area (Å²) in [6.45, 7) is 1.48. The summed E-state index contributed by atoms with van der Waals surface area (Å²) in [5.74, 6) is -0.0559. The second kappa shape index (κ2) is 4.66. The lowest BCUT2D eigenvalue weighted by molar-refractivity contribution is -0.120. The maximum Gasteiger partial charge on any atom is 0.239 e. The first kappa shape index (κ1) is 11.1. The summed E-state index contributed by atoms with van der Waals surface area (Å²) in [6.07, 6.45) is 0.702. The highest BCUT2D eigenvalue weighted by atomic mass is 16.2. The van der Waals surface area contributed by atoms with Crippen molar-refractivity contribution in [2.24, 2.45) is 0 Å². The third-order valence-electron chi connectivity index (χ3n) is 2.66. The number of amides is 1. The van der Waals surface area contributed by atoms with Crippen molar-refractivity contribution in [3.63, 3.8) is 0 Å². The minimum atomic E-state index is -0.0559. The van der Waals surface area contributed by atoms with Gasteiger partial charge in [0.15, 0.2) is 0 Å². The number of anilines is 1. The molecule has 0 saturated carbocycles. The fourth-order valence-electron chi connectivity index (χ4n) is 1.84. The summed E-state index contributed by atoms with van der Waals surface area (Å²) in [6, 6.07) is 6.94. The van der Waals surface area contributed by atoms with Gasteiger partial charge in [0.25, 0.3) is 0 Å². The highest BCUT2D eigenvalue weighted by molar-refractivity contribution is 5.84. The van der Waals surface area contributed by atoms with E-state index in [0.717, 1.165) is 0 Å². The Morgan fingerprint density at radius 2 is 2.29 bits per heavy atom. The van der Waals surface area contributed by atoms with Crippen LogP contribution in [0.1, 0.15) is 15.9 Å². The molecule has 1 aliphatic rings. The minimum absolute atomic E-state index is 0.0559. The first-order chi connectivity index (χ1) is 8.24. The van der Waals surface area contributed by atoms with E-state index in [1.807, 2.05) is 4.90 Å². The Labute approximate surface area is 98.6 Å². The van der Waals surface area contributed by atoms with E-state index >= 15 is 0 Å². The fourth-order valence-corrected chi connectivity index (χ4v) is 1.84. The molecular weight excluding hydrogens is 218 g/mol. The van der Waals surface area contributed by atoms with Gasteiger partial charge < -0.3 is 10.2 Å². The van der Waals surface area contributed by atoms with Crippen molar-refractivity contribution in [1.82, 2.24) is 5.32 Å². The maximum atomic E-state index is 11.3. The molecule has 1 heterocycles. The molecule has 5 heteroatoms. The van der Waals surface area contributed by atoms with E-state index in [4.69, 9.17) is 5.26 Å². The van der Waals surface area contributed by atoms with Gasteiger partial charge in [0.2, 0.25) is 5.91 Å². The lowest BCUT2D eigenvalue weighted by atomic mass is 10.1. The van der Waals surface area contributed by atoms with Crippen molar-refractivity contribution in [2.75, 3.05) is 24.5 Å². The van der Waals surface area contributed by atoms with Crippen molar-refractivity contribution in [2.45, 2.75) is 0 Å². The molecule has 86 valence electrons. The number of nitriles is 1. The number of carbonyl (C=O) groups is 2. The molecule has 1 aliphatic heterocycles. The van der Waals surface area contributed by atoms with Gasteiger partial charge in [-0.25, -0.2) is 0 Å². The van der Waals surface area contributed by atoms with Gasteiger partial charge in [0.05, 0.1) is 17.8 Å². The van der Waals surface area contributed by atoms with E-state index in [2.05, 4.69) is 11.4 Å². The van der Waals surface area contributed by atoms with Gasteiger partial charge in [-0.2, -0.15) is 5.26 Å². The van der Waals surface area contributed by atoms with Crippen LogP contribution < -0.4 is 10.2 Å². The van der Waals surface area contributed by atoms with Crippen molar-refractivity contribution in [3.05, 3.63) is 29.3 Å². The largest absolute Gasteiger partial charge is 0.359 e. The quantitative estimate of drug-likeness (QED) is 0.740. The number of aldehydes is 1. The van der Waals surface area contributed by atoms with Crippen LogP contribution in [0.15, 0.2) is 18.2 Å². The molecule has 1 fully saturated rings.